The zero-order chi connectivity index (χ0) is 18.4. The molecule has 1 aliphatic carbocycles. The van der Waals surface area contributed by atoms with Crippen LogP contribution in [0.25, 0.3) is 0 Å². The summed E-state index contributed by atoms with van der Waals surface area (Å²) in [6, 6.07) is 14.6. The zero-order valence-corrected chi connectivity index (χ0v) is 14.8. The van der Waals surface area contributed by atoms with Gasteiger partial charge < -0.3 is 16.0 Å². The summed E-state index contributed by atoms with van der Waals surface area (Å²) in [6.45, 7) is 0.0551. The average molecular weight is 354 g/mol. The SMILES string of the molecule is CN=C(NCC(=O)Nc1cccc(F)c1)NC1CCc2ccccc2C1. The van der Waals surface area contributed by atoms with E-state index in [0.29, 0.717) is 11.6 Å². The van der Waals surface area contributed by atoms with Crippen LogP contribution < -0.4 is 16.0 Å². The second-order valence-corrected chi connectivity index (χ2v) is 6.34. The molecular formula is C20H23FN4O. The molecule has 0 bridgehead atoms. The van der Waals surface area contributed by atoms with Crippen LogP contribution in [0.2, 0.25) is 0 Å². The number of fused-ring (bicyclic) bond motifs is 1. The van der Waals surface area contributed by atoms with Crippen molar-refractivity contribution >= 4 is 17.6 Å². The van der Waals surface area contributed by atoms with Crippen LogP contribution in [-0.4, -0.2) is 31.5 Å². The molecule has 0 aromatic heterocycles. The van der Waals surface area contributed by atoms with Crippen LogP contribution in [-0.2, 0) is 17.6 Å². The largest absolute Gasteiger partial charge is 0.353 e. The summed E-state index contributed by atoms with van der Waals surface area (Å²) < 4.78 is 13.2. The van der Waals surface area contributed by atoms with Gasteiger partial charge >= 0.3 is 0 Å². The van der Waals surface area contributed by atoms with Crippen LogP contribution in [0, 0.1) is 5.82 Å². The molecule has 1 amide bonds. The fraction of sp³-hybridized carbons (Fsp3) is 0.300. The van der Waals surface area contributed by atoms with E-state index in [1.54, 1.807) is 19.2 Å². The standard InChI is InChI=1S/C20H23FN4O/c1-22-20(23-13-19(26)24-17-8-4-7-16(21)12-17)25-18-10-9-14-5-2-3-6-15(14)11-18/h2-8,12,18H,9-11,13H2,1H3,(H,24,26)(H2,22,23,25). The molecule has 136 valence electrons. The number of halogens is 1. The predicted molar refractivity (Wildman–Crippen MR) is 102 cm³/mol. The smallest absolute Gasteiger partial charge is 0.243 e. The van der Waals surface area contributed by atoms with Crippen LogP contribution in [0.3, 0.4) is 0 Å². The molecule has 0 fully saturated rings. The number of carbonyl (C=O) groups is 1. The summed E-state index contributed by atoms with van der Waals surface area (Å²) in [4.78, 5) is 16.2. The topological polar surface area (TPSA) is 65.5 Å². The molecule has 1 aliphatic rings. The lowest BCUT2D eigenvalue weighted by Crippen LogP contribution is -2.47. The van der Waals surface area contributed by atoms with Crippen molar-refractivity contribution in [2.24, 2.45) is 4.99 Å². The van der Waals surface area contributed by atoms with E-state index in [4.69, 9.17) is 0 Å². The monoisotopic (exact) mass is 354 g/mol. The van der Waals surface area contributed by atoms with E-state index < -0.39 is 0 Å². The average Bonchev–Trinajstić information content (AvgIpc) is 2.65. The molecule has 6 heteroatoms. The Morgan fingerprint density at radius 1 is 1.19 bits per heavy atom. The Bertz CT molecular complexity index is 806. The van der Waals surface area contributed by atoms with E-state index in [2.05, 4.69) is 45.2 Å². The molecule has 3 N–H and O–H groups in total. The number of hydrogen-bond acceptors (Lipinski definition) is 2. The van der Waals surface area contributed by atoms with Crippen LogP contribution in [0.5, 0.6) is 0 Å². The van der Waals surface area contributed by atoms with Crippen molar-refractivity contribution in [2.75, 3.05) is 18.9 Å². The van der Waals surface area contributed by atoms with Gasteiger partial charge in [-0.25, -0.2) is 4.39 Å². The number of guanidine groups is 1. The molecule has 0 saturated heterocycles. The number of aryl methyl sites for hydroxylation is 1. The summed E-state index contributed by atoms with van der Waals surface area (Å²) in [7, 11) is 1.68. The summed E-state index contributed by atoms with van der Waals surface area (Å²) in [5, 5.41) is 9.04. The first kappa shape index (κ1) is 17.9. The van der Waals surface area contributed by atoms with Crippen molar-refractivity contribution in [3.05, 3.63) is 65.5 Å². The highest BCUT2D eigenvalue weighted by Crippen LogP contribution is 2.20. The summed E-state index contributed by atoms with van der Waals surface area (Å²) >= 11 is 0. The van der Waals surface area contributed by atoms with Gasteiger partial charge in [0.15, 0.2) is 5.96 Å². The first-order chi connectivity index (χ1) is 12.6. The number of carbonyl (C=O) groups excluding carboxylic acids is 1. The Hall–Kier alpha value is -2.89. The maximum atomic E-state index is 13.2. The van der Waals surface area contributed by atoms with E-state index in [-0.39, 0.29) is 24.3 Å². The Morgan fingerprint density at radius 3 is 2.77 bits per heavy atom. The lowest BCUT2D eigenvalue weighted by Gasteiger charge is -2.27. The van der Waals surface area contributed by atoms with Gasteiger partial charge in [0.25, 0.3) is 0 Å². The highest BCUT2D eigenvalue weighted by atomic mass is 19.1. The molecule has 1 unspecified atom stereocenters. The van der Waals surface area contributed by atoms with E-state index in [1.807, 2.05) is 0 Å². The third-order valence-electron chi connectivity index (χ3n) is 4.44. The van der Waals surface area contributed by atoms with Crippen molar-refractivity contribution in [1.29, 1.82) is 0 Å². The van der Waals surface area contributed by atoms with Crippen LogP contribution in [0.1, 0.15) is 17.5 Å². The Labute approximate surface area is 152 Å². The van der Waals surface area contributed by atoms with Crippen LogP contribution in [0.4, 0.5) is 10.1 Å². The minimum absolute atomic E-state index is 0.0551. The molecule has 1 atom stereocenters. The zero-order valence-electron chi connectivity index (χ0n) is 14.8. The van der Waals surface area contributed by atoms with E-state index in [0.717, 1.165) is 19.3 Å². The van der Waals surface area contributed by atoms with Gasteiger partial charge in [0.2, 0.25) is 5.91 Å². The van der Waals surface area contributed by atoms with E-state index >= 15 is 0 Å². The molecule has 0 saturated carbocycles. The number of aliphatic imine (C=N–C) groups is 1. The van der Waals surface area contributed by atoms with Gasteiger partial charge in [0.05, 0.1) is 6.54 Å². The van der Waals surface area contributed by atoms with E-state index in [1.165, 1.54) is 23.3 Å². The highest BCUT2D eigenvalue weighted by molar-refractivity contribution is 5.95. The van der Waals surface area contributed by atoms with Gasteiger partial charge in [-0.2, -0.15) is 0 Å². The fourth-order valence-corrected chi connectivity index (χ4v) is 3.14. The minimum atomic E-state index is -0.384. The van der Waals surface area contributed by atoms with Gasteiger partial charge in [0.1, 0.15) is 5.82 Å². The summed E-state index contributed by atoms with van der Waals surface area (Å²) in [5.41, 5.74) is 3.20. The van der Waals surface area contributed by atoms with Gasteiger partial charge in [-0.15, -0.1) is 0 Å². The maximum absolute atomic E-state index is 13.2. The van der Waals surface area contributed by atoms with Crippen molar-refractivity contribution in [2.45, 2.75) is 25.3 Å². The third kappa shape index (κ3) is 4.81. The van der Waals surface area contributed by atoms with Crippen LogP contribution >= 0.6 is 0 Å². The Balaban J connectivity index is 1.48. The van der Waals surface area contributed by atoms with Crippen molar-refractivity contribution < 1.29 is 9.18 Å². The number of rotatable bonds is 4. The van der Waals surface area contributed by atoms with Crippen LogP contribution in [0.15, 0.2) is 53.5 Å². The second-order valence-electron chi connectivity index (χ2n) is 6.34. The molecule has 0 radical (unpaired) electrons. The predicted octanol–water partition coefficient (Wildman–Crippen LogP) is 2.49. The molecule has 2 aromatic carbocycles. The molecular weight excluding hydrogens is 331 g/mol. The molecule has 0 aliphatic heterocycles. The summed E-state index contributed by atoms with van der Waals surface area (Å²) in [5.74, 6) is -0.0536. The molecule has 26 heavy (non-hydrogen) atoms. The molecule has 2 aromatic rings. The number of benzene rings is 2. The molecule has 0 heterocycles. The van der Waals surface area contributed by atoms with Gasteiger partial charge in [-0.05, 0) is 48.6 Å². The van der Waals surface area contributed by atoms with Crippen molar-refractivity contribution in [3.8, 4) is 0 Å². The maximum Gasteiger partial charge on any atom is 0.243 e. The Kier molecular flexibility index (Phi) is 5.84. The number of hydrogen-bond donors (Lipinski definition) is 3. The quantitative estimate of drug-likeness (QED) is 0.584. The number of amides is 1. The number of nitrogens with zero attached hydrogens (tertiary/aromatic N) is 1. The van der Waals surface area contributed by atoms with Crippen molar-refractivity contribution in [3.63, 3.8) is 0 Å². The summed E-state index contributed by atoms with van der Waals surface area (Å²) in [6.07, 6.45) is 2.99. The van der Waals surface area contributed by atoms with Gasteiger partial charge in [-0.1, -0.05) is 30.3 Å². The van der Waals surface area contributed by atoms with Gasteiger partial charge in [0, 0.05) is 18.8 Å². The number of anilines is 1. The lowest BCUT2D eigenvalue weighted by atomic mass is 9.88. The molecule has 5 nitrogen and oxygen atoms in total. The lowest BCUT2D eigenvalue weighted by molar-refractivity contribution is -0.115. The van der Waals surface area contributed by atoms with Crippen molar-refractivity contribution in [1.82, 2.24) is 10.6 Å². The molecule has 0 spiro atoms. The minimum Gasteiger partial charge on any atom is -0.353 e. The van der Waals surface area contributed by atoms with Gasteiger partial charge in [-0.3, -0.25) is 9.79 Å². The first-order valence-corrected chi connectivity index (χ1v) is 8.73. The third-order valence-corrected chi connectivity index (χ3v) is 4.44. The van der Waals surface area contributed by atoms with E-state index in [9.17, 15) is 9.18 Å². The fourth-order valence-electron chi connectivity index (χ4n) is 3.14. The Morgan fingerprint density at radius 2 is 2.00 bits per heavy atom. The first-order valence-electron chi connectivity index (χ1n) is 8.73. The highest BCUT2D eigenvalue weighted by Gasteiger charge is 2.19. The number of nitrogens with one attached hydrogen (secondary N) is 3. The molecule has 3 rings (SSSR count). The second kappa shape index (κ2) is 8.47. The normalized spacial score (nSPS) is 16.5.